The first-order valence-corrected chi connectivity index (χ1v) is 7.51. The molecule has 0 saturated heterocycles. The van der Waals surface area contributed by atoms with Crippen molar-refractivity contribution in [1.29, 1.82) is 0 Å². The smallest absolute Gasteiger partial charge is 0.465 e. The van der Waals surface area contributed by atoms with Crippen molar-refractivity contribution in [3.8, 4) is 16.9 Å². The number of carbonyl (C=O) groups excluding carboxylic acids is 1. The van der Waals surface area contributed by atoms with Gasteiger partial charge in [-0.2, -0.15) is 0 Å². The normalized spacial score (nSPS) is 13.4. The van der Waals surface area contributed by atoms with E-state index in [1.54, 1.807) is 0 Å². The minimum Gasteiger partial charge on any atom is -0.465 e. The Morgan fingerprint density at radius 1 is 1.24 bits per heavy atom. The maximum Gasteiger partial charge on any atom is 0.573 e. The van der Waals surface area contributed by atoms with Gasteiger partial charge in [0, 0.05) is 17.8 Å². The monoisotopic (exact) mass is 353 g/mol. The van der Waals surface area contributed by atoms with Crippen LogP contribution in [0.4, 0.5) is 13.2 Å². The van der Waals surface area contributed by atoms with Gasteiger partial charge in [0.05, 0.1) is 12.7 Å². The summed E-state index contributed by atoms with van der Waals surface area (Å²) in [6, 6.07) is 6.48. The van der Waals surface area contributed by atoms with Crippen LogP contribution in [-0.4, -0.2) is 24.0 Å². The van der Waals surface area contributed by atoms with Crippen LogP contribution in [-0.2, 0) is 17.7 Å². The third-order valence-corrected chi connectivity index (χ3v) is 3.98. The highest BCUT2D eigenvalue weighted by Gasteiger charge is 2.31. The molecule has 132 valence electrons. The maximum absolute atomic E-state index is 12.7. The summed E-state index contributed by atoms with van der Waals surface area (Å²) in [5, 5.41) is 0. The van der Waals surface area contributed by atoms with E-state index in [1.165, 1.54) is 29.9 Å². The fraction of sp³-hybridized carbons (Fsp3) is 0.294. The van der Waals surface area contributed by atoms with Crippen molar-refractivity contribution in [1.82, 2.24) is 4.57 Å². The van der Waals surface area contributed by atoms with Crippen LogP contribution in [0.5, 0.6) is 5.75 Å². The van der Waals surface area contributed by atoms with E-state index in [1.807, 2.05) is 0 Å². The highest BCUT2D eigenvalue weighted by atomic mass is 19.4. The molecule has 0 N–H and O–H groups in total. The summed E-state index contributed by atoms with van der Waals surface area (Å²) in [5.74, 6) is -1.02. The zero-order valence-corrected chi connectivity index (χ0v) is 13.2. The molecule has 0 fully saturated rings. The van der Waals surface area contributed by atoms with Crippen LogP contribution in [0.3, 0.4) is 0 Å². The van der Waals surface area contributed by atoms with E-state index in [0.717, 1.165) is 12.1 Å². The van der Waals surface area contributed by atoms with Crippen molar-refractivity contribution >= 4 is 5.97 Å². The molecular formula is C17H14F3NO4. The van der Waals surface area contributed by atoms with Crippen molar-refractivity contribution < 1.29 is 27.4 Å². The Morgan fingerprint density at radius 2 is 2.00 bits per heavy atom. The van der Waals surface area contributed by atoms with Crippen LogP contribution < -0.4 is 10.3 Å². The number of carbonyl (C=O) groups is 1. The number of hydrogen-bond acceptors (Lipinski definition) is 4. The first-order valence-electron chi connectivity index (χ1n) is 7.51. The molecule has 0 atom stereocenters. The summed E-state index contributed by atoms with van der Waals surface area (Å²) in [4.78, 5) is 24.7. The van der Waals surface area contributed by atoms with Gasteiger partial charge in [-0.3, -0.25) is 4.79 Å². The molecule has 0 amide bonds. The van der Waals surface area contributed by atoms with E-state index < -0.39 is 18.1 Å². The fourth-order valence-corrected chi connectivity index (χ4v) is 2.97. The minimum absolute atomic E-state index is 0.124. The zero-order chi connectivity index (χ0) is 18.2. The van der Waals surface area contributed by atoms with Gasteiger partial charge in [-0.15, -0.1) is 13.2 Å². The number of methoxy groups -OCH3 is 1. The molecule has 0 spiro atoms. The van der Waals surface area contributed by atoms with Gasteiger partial charge in [0.25, 0.3) is 5.56 Å². The van der Waals surface area contributed by atoms with Crippen molar-refractivity contribution in [2.45, 2.75) is 25.7 Å². The molecule has 0 aliphatic carbocycles. The number of benzene rings is 1. The largest absolute Gasteiger partial charge is 0.573 e. The lowest BCUT2D eigenvalue weighted by Gasteiger charge is -2.13. The zero-order valence-electron chi connectivity index (χ0n) is 13.2. The molecule has 2 aromatic rings. The number of rotatable bonds is 3. The summed E-state index contributed by atoms with van der Waals surface area (Å²) < 4.78 is 47.3. The molecule has 1 aromatic heterocycles. The summed E-state index contributed by atoms with van der Waals surface area (Å²) in [6.45, 7) is 0.449. The minimum atomic E-state index is -4.83. The number of hydrogen-bond donors (Lipinski definition) is 0. The van der Waals surface area contributed by atoms with E-state index in [0.29, 0.717) is 25.1 Å². The van der Waals surface area contributed by atoms with Gasteiger partial charge in [0.2, 0.25) is 0 Å². The SMILES string of the molecule is COC(=O)c1cc(-c2cccc(OC(F)(F)F)c2)c(=O)n2c1CCC2. The van der Waals surface area contributed by atoms with E-state index in [2.05, 4.69) is 4.74 Å². The summed E-state index contributed by atoms with van der Waals surface area (Å²) in [7, 11) is 1.23. The second-order valence-corrected chi connectivity index (χ2v) is 5.55. The molecule has 0 unspecified atom stereocenters. The van der Waals surface area contributed by atoms with Crippen LogP contribution in [0.25, 0.3) is 11.1 Å². The van der Waals surface area contributed by atoms with Gasteiger partial charge in [-0.1, -0.05) is 12.1 Å². The molecule has 1 aromatic carbocycles. The Kier molecular flexibility index (Phi) is 4.28. The lowest BCUT2D eigenvalue weighted by atomic mass is 10.0. The summed E-state index contributed by atoms with van der Waals surface area (Å²) >= 11 is 0. The van der Waals surface area contributed by atoms with Crippen LogP contribution in [0, 0.1) is 0 Å². The third-order valence-electron chi connectivity index (χ3n) is 3.98. The number of pyridine rings is 1. The number of aromatic nitrogens is 1. The van der Waals surface area contributed by atoms with Crippen LogP contribution in [0.1, 0.15) is 22.5 Å². The highest BCUT2D eigenvalue weighted by Crippen LogP contribution is 2.29. The molecule has 1 aliphatic rings. The molecule has 0 radical (unpaired) electrons. The van der Waals surface area contributed by atoms with E-state index >= 15 is 0 Å². The Bertz CT molecular complexity index is 886. The molecule has 2 heterocycles. The van der Waals surface area contributed by atoms with Crippen molar-refractivity contribution in [2.24, 2.45) is 0 Å². The average Bonchev–Trinajstić information content (AvgIpc) is 3.03. The second-order valence-electron chi connectivity index (χ2n) is 5.55. The Morgan fingerprint density at radius 3 is 2.68 bits per heavy atom. The lowest BCUT2D eigenvalue weighted by molar-refractivity contribution is -0.274. The number of halogens is 3. The molecule has 3 rings (SSSR count). The van der Waals surface area contributed by atoms with Crippen LogP contribution in [0.15, 0.2) is 35.1 Å². The number of ether oxygens (including phenoxy) is 2. The number of fused-ring (bicyclic) bond motifs is 1. The quantitative estimate of drug-likeness (QED) is 0.796. The lowest BCUT2D eigenvalue weighted by Crippen LogP contribution is -2.24. The Labute approximate surface area is 140 Å². The summed E-state index contributed by atoms with van der Waals surface area (Å²) in [5.41, 5.74) is 0.835. The van der Waals surface area contributed by atoms with E-state index in [9.17, 15) is 22.8 Å². The Balaban J connectivity index is 2.14. The molecule has 25 heavy (non-hydrogen) atoms. The predicted molar refractivity (Wildman–Crippen MR) is 82.5 cm³/mol. The second kappa shape index (κ2) is 6.27. The highest BCUT2D eigenvalue weighted by molar-refractivity contribution is 5.92. The third kappa shape index (κ3) is 3.38. The van der Waals surface area contributed by atoms with Gasteiger partial charge in [-0.25, -0.2) is 4.79 Å². The van der Waals surface area contributed by atoms with Gasteiger partial charge in [0.1, 0.15) is 5.75 Å². The molecule has 8 heteroatoms. The van der Waals surface area contributed by atoms with Crippen LogP contribution >= 0.6 is 0 Å². The van der Waals surface area contributed by atoms with Gasteiger partial charge < -0.3 is 14.0 Å². The number of nitrogens with zero attached hydrogens (tertiary/aromatic N) is 1. The van der Waals surface area contributed by atoms with Gasteiger partial charge in [-0.05, 0) is 36.6 Å². The van der Waals surface area contributed by atoms with Crippen LogP contribution in [0.2, 0.25) is 0 Å². The molecular weight excluding hydrogens is 339 g/mol. The average molecular weight is 353 g/mol. The standard InChI is InChI=1S/C17H14F3NO4/c1-24-16(23)13-9-12(15(22)21-7-3-6-14(13)21)10-4-2-5-11(8-10)25-17(18,19)20/h2,4-5,8-9H,3,6-7H2,1H3. The predicted octanol–water partition coefficient (Wildman–Crippen LogP) is 3.15. The topological polar surface area (TPSA) is 57.5 Å². The van der Waals surface area contributed by atoms with Gasteiger partial charge in [0.15, 0.2) is 0 Å². The molecule has 5 nitrogen and oxygen atoms in total. The van der Waals surface area contributed by atoms with E-state index in [-0.39, 0.29) is 22.2 Å². The Hall–Kier alpha value is -2.77. The fourth-order valence-electron chi connectivity index (χ4n) is 2.97. The van der Waals surface area contributed by atoms with Crippen molar-refractivity contribution in [2.75, 3.05) is 7.11 Å². The first kappa shape index (κ1) is 17.1. The number of esters is 1. The molecule has 0 bridgehead atoms. The molecule has 1 aliphatic heterocycles. The summed E-state index contributed by atoms with van der Waals surface area (Å²) in [6.07, 6.45) is -3.56. The van der Waals surface area contributed by atoms with E-state index in [4.69, 9.17) is 4.74 Å². The van der Waals surface area contributed by atoms with Crippen molar-refractivity contribution in [3.05, 3.63) is 51.9 Å². The first-order chi connectivity index (χ1) is 11.8. The molecule has 0 saturated carbocycles. The number of alkyl halides is 3. The van der Waals surface area contributed by atoms with Crippen molar-refractivity contribution in [3.63, 3.8) is 0 Å². The van der Waals surface area contributed by atoms with Gasteiger partial charge >= 0.3 is 12.3 Å². The maximum atomic E-state index is 12.7.